The minimum absolute atomic E-state index is 0.620. The molecule has 0 spiro atoms. The average Bonchev–Trinajstić information content (AvgIpc) is 2.33. The van der Waals surface area contributed by atoms with E-state index in [-0.39, 0.29) is 0 Å². The van der Waals surface area contributed by atoms with E-state index in [1.165, 1.54) is 45.3 Å². The number of hydrogen-bond donors (Lipinski definition) is 1. The van der Waals surface area contributed by atoms with Crippen molar-refractivity contribution in [2.75, 3.05) is 26.7 Å². The Bertz CT molecular complexity index is 174. The topological polar surface area (TPSA) is 15.3 Å². The minimum Gasteiger partial charge on any atom is -0.317 e. The van der Waals surface area contributed by atoms with Gasteiger partial charge in [-0.1, -0.05) is 34.6 Å². The summed E-state index contributed by atoms with van der Waals surface area (Å²) in [5.41, 5.74) is 0.620. The molecule has 0 bridgehead atoms. The molecular formula is C15H34N2. The maximum absolute atomic E-state index is 3.37. The van der Waals surface area contributed by atoms with Gasteiger partial charge in [-0.2, -0.15) is 0 Å². The molecule has 0 amide bonds. The lowest BCUT2D eigenvalue weighted by Crippen LogP contribution is -2.47. The van der Waals surface area contributed by atoms with E-state index in [1.807, 2.05) is 13.8 Å². The second-order valence-corrected chi connectivity index (χ2v) is 5.39. The fourth-order valence-corrected chi connectivity index (χ4v) is 2.71. The molecule has 1 N–H and O–H groups in total. The molecule has 0 heterocycles. The van der Waals surface area contributed by atoms with E-state index >= 15 is 0 Å². The van der Waals surface area contributed by atoms with Crippen molar-refractivity contribution in [2.24, 2.45) is 5.41 Å². The van der Waals surface area contributed by atoms with Gasteiger partial charge in [-0.25, -0.2) is 0 Å². The molecule has 17 heavy (non-hydrogen) atoms. The van der Waals surface area contributed by atoms with Crippen LogP contribution in [-0.4, -0.2) is 37.6 Å². The number of rotatable bonds is 7. The van der Waals surface area contributed by atoms with Crippen LogP contribution in [-0.2, 0) is 0 Å². The summed E-state index contributed by atoms with van der Waals surface area (Å²) < 4.78 is 0. The van der Waals surface area contributed by atoms with Crippen molar-refractivity contribution in [3.63, 3.8) is 0 Å². The second kappa shape index (κ2) is 8.93. The summed E-state index contributed by atoms with van der Waals surface area (Å²) in [6, 6.07) is 0.788. The third-order valence-electron chi connectivity index (χ3n) is 3.91. The summed E-state index contributed by atoms with van der Waals surface area (Å²) >= 11 is 0. The molecule has 1 fully saturated rings. The Morgan fingerprint density at radius 2 is 1.76 bits per heavy atom. The standard InChI is InChI=1S/C13H28N2.C2H6/c1-5-8-15(6-2)9-7-13(3)10-12(11-13)14-4;1-2/h12,14H,5-11H2,1-4H3;1-2H3. The van der Waals surface area contributed by atoms with Crippen molar-refractivity contribution < 1.29 is 0 Å². The van der Waals surface area contributed by atoms with Gasteiger partial charge >= 0.3 is 0 Å². The second-order valence-electron chi connectivity index (χ2n) is 5.39. The molecule has 0 unspecified atom stereocenters. The fraction of sp³-hybridized carbons (Fsp3) is 1.00. The van der Waals surface area contributed by atoms with Gasteiger partial charge < -0.3 is 10.2 Å². The minimum atomic E-state index is 0.620. The lowest BCUT2D eigenvalue weighted by Gasteiger charge is -2.46. The van der Waals surface area contributed by atoms with Gasteiger partial charge in [0.15, 0.2) is 0 Å². The lowest BCUT2D eigenvalue weighted by atomic mass is 9.65. The zero-order valence-corrected chi connectivity index (χ0v) is 13.0. The maximum atomic E-state index is 3.37. The molecule has 1 aliphatic rings. The third kappa shape index (κ3) is 5.87. The van der Waals surface area contributed by atoms with Crippen molar-refractivity contribution >= 4 is 0 Å². The van der Waals surface area contributed by atoms with Gasteiger partial charge in [0.1, 0.15) is 0 Å². The monoisotopic (exact) mass is 242 g/mol. The van der Waals surface area contributed by atoms with Gasteiger partial charge in [0.2, 0.25) is 0 Å². The van der Waals surface area contributed by atoms with Crippen molar-refractivity contribution in [3.8, 4) is 0 Å². The average molecular weight is 242 g/mol. The highest BCUT2D eigenvalue weighted by Gasteiger charge is 2.38. The summed E-state index contributed by atoms with van der Waals surface area (Å²) in [6.07, 6.45) is 5.39. The first-order valence-electron chi connectivity index (χ1n) is 7.53. The molecule has 1 saturated carbocycles. The van der Waals surface area contributed by atoms with Gasteiger partial charge in [-0.05, 0) is 57.8 Å². The van der Waals surface area contributed by atoms with Crippen LogP contribution in [0.2, 0.25) is 0 Å². The molecule has 0 atom stereocenters. The molecule has 2 heteroatoms. The summed E-state index contributed by atoms with van der Waals surface area (Å²) in [5.74, 6) is 0. The zero-order valence-electron chi connectivity index (χ0n) is 13.0. The lowest BCUT2D eigenvalue weighted by molar-refractivity contribution is 0.0811. The number of hydrogen-bond acceptors (Lipinski definition) is 2. The van der Waals surface area contributed by atoms with E-state index in [0.29, 0.717) is 5.41 Å². The normalized spacial score (nSPS) is 27.4. The van der Waals surface area contributed by atoms with Crippen LogP contribution in [0.1, 0.15) is 60.3 Å². The van der Waals surface area contributed by atoms with E-state index in [9.17, 15) is 0 Å². The molecule has 2 nitrogen and oxygen atoms in total. The highest BCUT2D eigenvalue weighted by atomic mass is 15.1. The van der Waals surface area contributed by atoms with Crippen LogP contribution in [0.5, 0.6) is 0 Å². The van der Waals surface area contributed by atoms with E-state index in [0.717, 1.165) is 6.04 Å². The largest absolute Gasteiger partial charge is 0.317 e. The maximum Gasteiger partial charge on any atom is 0.00744 e. The van der Waals surface area contributed by atoms with Gasteiger partial charge in [-0.15, -0.1) is 0 Å². The van der Waals surface area contributed by atoms with Crippen molar-refractivity contribution in [1.82, 2.24) is 10.2 Å². The van der Waals surface area contributed by atoms with Crippen LogP contribution in [0, 0.1) is 5.41 Å². The third-order valence-corrected chi connectivity index (χ3v) is 3.91. The molecular weight excluding hydrogens is 208 g/mol. The molecule has 0 aromatic carbocycles. The Morgan fingerprint density at radius 1 is 1.18 bits per heavy atom. The molecule has 1 aliphatic carbocycles. The summed E-state index contributed by atoms with van der Waals surface area (Å²) in [4.78, 5) is 2.58. The van der Waals surface area contributed by atoms with E-state index < -0.39 is 0 Å². The van der Waals surface area contributed by atoms with Crippen LogP contribution >= 0.6 is 0 Å². The Morgan fingerprint density at radius 3 is 2.18 bits per heavy atom. The Hall–Kier alpha value is -0.0800. The predicted molar refractivity (Wildman–Crippen MR) is 78.6 cm³/mol. The quantitative estimate of drug-likeness (QED) is 0.735. The summed E-state index contributed by atoms with van der Waals surface area (Å²) in [6.45, 7) is 14.7. The number of nitrogens with zero attached hydrogens (tertiary/aromatic N) is 1. The smallest absolute Gasteiger partial charge is 0.00744 e. The molecule has 0 aromatic heterocycles. The summed E-state index contributed by atoms with van der Waals surface area (Å²) in [7, 11) is 2.08. The van der Waals surface area contributed by atoms with Crippen LogP contribution < -0.4 is 5.32 Å². The highest BCUT2D eigenvalue weighted by molar-refractivity contribution is 4.94. The van der Waals surface area contributed by atoms with Gasteiger partial charge in [0.05, 0.1) is 0 Å². The first kappa shape index (κ1) is 16.9. The van der Waals surface area contributed by atoms with Crippen molar-refractivity contribution in [3.05, 3.63) is 0 Å². The molecule has 1 rings (SSSR count). The van der Waals surface area contributed by atoms with Gasteiger partial charge in [0.25, 0.3) is 0 Å². The van der Waals surface area contributed by atoms with Crippen LogP contribution in [0.4, 0.5) is 0 Å². The van der Waals surface area contributed by atoms with Crippen molar-refractivity contribution in [2.45, 2.75) is 66.3 Å². The summed E-state index contributed by atoms with van der Waals surface area (Å²) in [5, 5.41) is 3.37. The van der Waals surface area contributed by atoms with Crippen LogP contribution in [0.15, 0.2) is 0 Å². The van der Waals surface area contributed by atoms with Crippen LogP contribution in [0.25, 0.3) is 0 Å². The van der Waals surface area contributed by atoms with E-state index in [4.69, 9.17) is 0 Å². The molecule has 104 valence electrons. The van der Waals surface area contributed by atoms with E-state index in [2.05, 4.69) is 38.0 Å². The van der Waals surface area contributed by atoms with E-state index in [1.54, 1.807) is 0 Å². The Balaban J connectivity index is 0.00000121. The highest BCUT2D eigenvalue weighted by Crippen LogP contribution is 2.43. The van der Waals surface area contributed by atoms with Gasteiger partial charge in [-0.3, -0.25) is 0 Å². The first-order valence-corrected chi connectivity index (χ1v) is 7.53. The van der Waals surface area contributed by atoms with Crippen molar-refractivity contribution in [1.29, 1.82) is 0 Å². The Kier molecular flexibility index (Phi) is 8.89. The Labute approximate surface area is 109 Å². The first-order chi connectivity index (χ1) is 8.13. The molecule has 0 aliphatic heterocycles. The molecule has 0 radical (unpaired) electrons. The predicted octanol–water partition coefficient (Wildman–Crippen LogP) is 3.52. The van der Waals surface area contributed by atoms with Crippen LogP contribution in [0.3, 0.4) is 0 Å². The fourth-order valence-electron chi connectivity index (χ4n) is 2.71. The molecule has 0 aromatic rings. The number of nitrogens with one attached hydrogen (secondary N) is 1. The molecule has 0 saturated heterocycles. The van der Waals surface area contributed by atoms with Gasteiger partial charge in [0, 0.05) is 6.04 Å². The SMILES string of the molecule is CC.CCCN(CC)CCC1(C)CC(NC)C1. The zero-order chi connectivity index (χ0) is 13.3.